The fourth-order valence-corrected chi connectivity index (χ4v) is 1.52. The van der Waals surface area contributed by atoms with Gasteiger partial charge < -0.3 is 5.32 Å². The predicted octanol–water partition coefficient (Wildman–Crippen LogP) is 3.88. The van der Waals surface area contributed by atoms with Crippen molar-refractivity contribution < 1.29 is 18.0 Å². The number of halogens is 4. The van der Waals surface area contributed by atoms with Crippen LogP contribution >= 0.6 is 11.6 Å². The van der Waals surface area contributed by atoms with Crippen LogP contribution in [0.4, 0.5) is 18.9 Å². The number of anilines is 1. The van der Waals surface area contributed by atoms with Crippen molar-refractivity contribution in [1.29, 1.82) is 0 Å². The van der Waals surface area contributed by atoms with Crippen molar-refractivity contribution in [2.75, 3.05) is 5.32 Å². The van der Waals surface area contributed by atoms with Gasteiger partial charge >= 0.3 is 6.18 Å². The lowest BCUT2D eigenvalue weighted by Crippen LogP contribution is -2.21. The van der Waals surface area contributed by atoms with E-state index < -0.39 is 23.9 Å². The lowest BCUT2D eigenvalue weighted by atomic mass is 10.1. The van der Waals surface area contributed by atoms with Gasteiger partial charge in [0.15, 0.2) is 0 Å². The third-order valence-electron chi connectivity index (χ3n) is 2.02. The fraction of sp³-hybridized carbons (Fsp3) is 0.364. The Labute approximate surface area is 102 Å². The van der Waals surface area contributed by atoms with Crippen molar-refractivity contribution in [3.05, 3.63) is 29.8 Å². The Balaban J connectivity index is 2.78. The molecule has 0 aliphatic rings. The first-order valence-corrected chi connectivity index (χ1v) is 5.33. The largest absolute Gasteiger partial charge is 0.397 e. The van der Waals surface area contributed by atoms with E-state index in [-0.39, 0.29) is 0 Å². The molecule has 0 radical (unpaired) electrons. The van der Waals surface area contributed by atoms with Crippen molar-refractivity contribution >= 4 is 23.2 Å². The third-order valence-corrected chi connectivity index (χ3v) is 2.26. The lowest BCUT2D eigenvalue weighted by molar-refractivity contribution is -0.150. The van der Waals surface area contributed by atoms with Crippen molar-refractivity contribution in [3.8, 4) is 0 Å². The van der Waals surface area contributed by atoms with Gasteiger partial charge in [0.1, 0.15) is 6.42 Å². The zero-order chi connectivity index (χ0) is 13.1. The summed E-state index contributed by atoms with van der Waals surface area (Å²) in [5.41, 5.74) is 0.897. The number of amides is 1. The Morgan fingerprint density at radius 2 is 2.00 bits per heavy atom. The molecule has 94 valence electrons. The molecule has 6 heteroatoms. The Morgan fingerprint density at radius 1 is 1.41 bits per heavy atom. The number of carbonyl (C=O) groups excluding carboxylic acids is 1. The van der Waals surface area contributed by atoms with E-state index in [1.807, 2.05) is 0 Å². The molecule has 0 aromatic heterocycles. The Bertz CT molecular complexity index is 404. The molecule has 1 unspecified atom stereocenters. The summed E-state index contributed by atoms with van der Waals surface area (Å²) >= 11 is 5.85. The van der Waals surface area contributed by atoms with Gasteiger partial charge in [0.2, 0.25) is 5.91 Å². The topological polar surface area (TPSA) is 29.1 Å². The number of alkyl halides is 4. The molecule has 0 heterocycles. The maximum atomic E-state index is 12.0. The average molecular weight is 266 g/mol. The lowest BCUT2D eigenvalue weighted by Gasteiger charge is -2.13. The summed E-state index contributed by atoms with van der Waals surface area (Å²) in [6, 6.07) is 6.49. The first-order valence-electron chi connectivity index (χ1n) is 4.89. The van der Waals surface area contributed by atoms with Crippen LogP contribution in [-0.4, -0.2) is 12.1 Å². The van der Waals surface area contributed by atoms with E-state index in [0.717, 1.165) is 0 Å². The van der Waals surface area contributed by atoms with Gasteiger partial charge in [-0.1, -0.05) is 18.2 Å². The van der Waals surface area contributed by atoms with Crippen LogP contribution in [-0.2, 0) is 4.79 Å². The number of hydrogen-bond acceptors (Lipinski definition) is 1. The van der Waals surface area contributed by atoms with E-state index in [9.17, 15) is 18.0 Å². The summed E-state index contributed by atoms with van der Waals surface area (Å²) < 4.78 is 35.9. The molecule has 0 spiro atoms. The van der Waals surface area contributed by atoms with Gasteiger partial charge in [0.25, 0.3) is 0 Å². The summed E-state index contributed by atoms with van der Waals surface area (Å²) in [6.45, 7) is 1.68. The highest BCUT2D eigenvalue weighted by molar-refractivity contribution is 6.21. The van der Waals surface area contributed by atoms with Crippen LogP contribution in [0, 0.1) is 0 Å². The summed E-state index contributed by atoms with van der Waals surface area (Å²) in [5, 5.41) is 1.81. The normalized spacial score (nSPS) is 13.2. The van der Waals surface area contributed by atoms with E-state index in [1.54, 1.807) is 25.1 Å². The van der Waals surface area contributed by atoms with Gasteiger partial charge in [0, 0.05) is 5.69 Å². The van der Waals surface area contributed by atoms with Crippen molar-refractivity contribution in [3.63, 3.8) is 0 Å². The third kappa shape index (κ3) is 4.65. The SMILES string of the molecule is CC(Cl)c1ccccc1NC(=O)CC(F)(F)F. The number of rotatable bonds is 3. The molecule has 1 N–H and O–H groups in total. The molecule has 0 aliphatic carbocycles. The van der Waals surface area contributed by atoms with E-state index >= 15 is 0 Å². The monoisotopic (exact) mass is 265 g/mol. The van der Waals surface area contributed by atoms with Gasteiger partial charge in [0.05, 0.1) is 5.38 Å². The van der Waals surface area contributed by atoms with Crippen LogP contribution in [0.15, 0.2) is 24.3 Å². The van der Waals surface area contributed by atoms with Crippen LogP contribution in [0.3, 0.4) is 0 Å². The molecule has 0 saturated carbocycles. The molecule has 1 aromatic rings. The van der Waals surface area contributed by atoms with Gasteiger partial charge in [-0.3, -0.25) is 4.79 Å². The molecule has 0 aliphatic heterocycles. The number of nitrogens with one attached hydrogen (secondary N) is 1. The van der Waals surface area contributed by atoms with E-state index in [1.165, 1.54) is 6.07 Å². The number of carbonyl (C=O) groups is 1. The predicted molar refractivity (Wildman–Crippen MR) is 60.0 cm³/mol. The van der Waals surface area contributed by atoms with Gasteiger partial charge in [-0.05, 0) is 18.6 Å². The minimum atomic E-state index is -4.51. The maximum Gasteiger partial charge on any atom is 0.397 e. The summed E-state index contributed by atoms with van der Waals surface area (Å²) in [7, 11) is 0. The highest BCUT2D eigenvalue weighted by atomic mass is 35.5. The highest BCUT2D eigenvalue weighted by Crippen LogP contribution is 2.28. The highest BCUT2D eigenvalue weighted by Gasteiger charge is 2.31. The minimum absolute atomic E-state index is 0.309. The first kappa shape index (κ1) is 13.8. The molecule has 0 bridgehead atoms. The zero-order valence-electron chi connectivity index (χ0n) is 9.01. The molecule has 0 fully saturated rings. The second kappa shape index (κ2) is 5.40. The number of para-hydroxylation sites is 1. The Morgan fingerprint density at radius 3 is 2.53 bits per heavy atom. The van der Waals surface area contributed by atoms with E-state index in [2.05, 4.69) is 5.32 Å². The minimum Gasteiger partial charge on any atom is -0.325 e. The summed E-state index contributed by atoms with van der Waals surface area (Å²) in [5.74, 6) is -1.10. The smallest absolute Gasteiger partial charge is 0.325 e. The molecule has 2 nitrogen and oxygen atoms in total. The van der Waals surface area contributed by atoms with Gasteiger partial charge in [-0.25, -0.2) is 0 Å². The molecule has 1 atom stereocenters. The average Bonchev–Trinajstić information content (AvgIpc) is 2.14. The molecule has 1 amide bonds. The molecular formula is C11H11ClF3NO. The molecule has 1 aromatic carbocycles. The zero-order valence-corrected chi connectivity index (χ0v) is 9.77. The molecule has 0 saturated heterocycles. The standard InChI is InChI=1S/C11H11ClF3NO/c1-7(12)8-4-2-3-5-9(8)16-10(17)6-11(13,14)15/h2-5,7H,6H2,1H3,(H,16,17). The quantitative estimate of drug-likeness (QED) is 0.826. The maximum absolute atomic E-state index is 12.0. The van der Waals surface area contributed by atoms with Gasteiger partial charge in [-0.15, -0.1) is 11.6 Å². The fourth-order valence-electron chi connectivity index (χ4n) is 1.33. The Hall–Kier alpha value is -1.23. The van der Waals surface area contributed by atoms with Crippen LogP contribution in [0.1, 0.15) is 24.3 Å². The van der Waals surface area contributed by atoms with E-state index in [0.29, 0.717) is 11.3 Å². The number of benzene rings is 1. The second-order valence-corrected chi connectivity index (χ2v) is 4.20. The van der Waals surface area contributed by atoms with Crippen molar-refractivity contribution in [2.45, 2.75) is 24.9 Å². The number of hydrogen-bond donors (Lipinski definition) is 1. The van der Waals surface area contributed by atoms with Crippen LogP contribution in [0.5, 0.6) is 0 Å². The summed E-state index contributed by atoms with van der Waals surface area (Å²) in [6.07, 6.45) is -6.01. The summed E-state index contributed by atoms with van der Waals surface area (Å²) in [4.78, 5) is 11.1. The second-order valence-electron chi connectivity index (χ2n) is 3.54. The van der Waals surface area contributed by atoms with Gasteiger partial charge in [-0.2, -0.15) is 13.2 Å². The van der Waals surface area contributed by atoms with Crippen LogP contribution < -0.4 is 5.32 Å². The van der Waals surface area contributed by atoms with Crippen LogP contribution in [0.2, 0.25) is 0 Å². The Kier molecular flexibility index (Phi) is 4.40. The van der Waals surface area contributed by atoms with Crippen molar-refractivity contribution in [2.24, 2.45) is 0 Å². The molecule has 1 rings (SSSR count). The molecule has 17 heavy (non-hydrogen) atoms. The van der Waals surface area contributed by atoms with Crippen LogP contribution in [0.25, 0.3) is 0 Å². The van der Waals surface area contributed by atoms with Crippen molar-refractivity contribution in [1.82, 2.24) is 0 Å². The first-order chi connectivity index (χ1) is 7.79. The van der Waals surface area contributed by atoms with E-state index in [4.69, 9.17) is 11.6 Å². The molecular weight excluding hydrogens is 255 g/mol.